The maximum atomic E-state index is 11.1. The van der Waals surface area contributed by atoms with E-state index in [1.54, 1.807) is 12.5 Å². The molecule has 0 heterocycles. The average Bonchev–Trinajstić information content (AvgIpc) is 2.42. The van der Waals surface area contributed by atoms with E-state index in [2.05, 4.69) is 21.1 Å². The Morgan fingerprint density at radius 2 is 1.33 bits per heavy atom. The molecule has 0 aromatic heterocycles. The molecular formula is C10H16N4O2S2. The Bertz CT molecular complexity index is 346. The molecule has 100 valence electrons. The number of nitrogens with zero attached hydrogens (tertiary/aromatic N) is 2. The summed E-state index contributed by atoms with van der Waals surface area (Å²) in [6, 6.07) is 0. The van der Waals surface area contributed by atoms with Crippen LogP contribution in [-0.2, 0) is 0 Å². The normalized spacial score (nSPS) is 19.9. The number of nitrogens with one attached hydrogen (secondary N) is 2. The van der Waals surface area contributed by atoms with Gasteiger partial charge in [-0.05, 0) is 38.2 Å². The maximum Gasteiger partial charge on any atom is 0.298 e. The van der Waals surface area contributed by atoms with E-state index in [9.17, 15) is 9.59 Å². The van der Waals surface area contributed by atoms with Gasteiger partial charge in [0.2, 0.25) is 0 Å². The molecule has 0 spiro atoms. The van der Waals surface area contributed by atoms with Gasteiger partial charge in [0.05, 0.1) is 11.4 Å². The van der Waals surface area contributed by atoms with Crippen LogP contribution in [0.4, 0.5) is 9.59 Å². The predicted molar refractivity (Wildman–Crippen MR) is 77.4 cm³/mol. The maximum absolute atomic E-state index is 11.1. The first-order chi connectivity index (χ1) is 8.67. The van der Waals surface area contributed by atoms with Crippen LogP contribution >= 0.6 is 23.5 Å². The molecule has 1 saturated carbocycles. The molecule has 2 amide bonds. The highest BCUT2D eigenvalue weighted by Crippen LogP contribution is 2.13. The van der Waals surface area contributed by atoms with E-state index in [4.69, 9.17) is 0 Å². The first kappa shape index (κ1) is 15.0. The van der Waals surface area contributed by atoms with Crippen LogP contribution in [0.2, 0.25) is 0 Å². The molecule has 1 aliphatic rings. The summed E-state index contributed by atoms with van der Waals surface area (Å²) >= 11 is 2.13. The van der Waals surface area contributed by atoms with Gasteiger partial charge in [-0.15, -0.1) is 0 Å². The van der Waals surface area contributed by atoms with Crippen molar-refractivity contribution in [1.82, 2.24) is 10.9 Å². The number of thioether (sulfide) groups is 2. The summed E-state index contributed by atoms with van der Waals surface area (Å²) in [5.74, 6) is 0. The molecule has 0 aromatic rings. The molecule has 0 aromatic carbocycles. The summed E-state index contributed by atoms with van der Waals surface area (Å²) in [7, 11) is 0. The van der Waals surface area contributed by atoms with E-state index in [1.165, 1.54) is 0 Å². The van der Waals surface area contributed by atoms with Gasteiger partial charge in [-0.1, -0.05) is 23.5 Å². The second-order valence-corrected chi connectivity index (χ2v) is 5.09. The minimum Gasteiger partial charge on any atom is -0.260 e. The zero-order chi connectivity index (χ0) is 13.4. The van der Waals surface area contributed by atoms with E-state index >= 15 is 0 Å². The predicted octanol–water partition coefficient (Wildman–Crippen LogP) is 2.42. The van der Waals surface area contributed by atoms with E-state index in [-0.39, 0.29) is 10.5 Å². The van der Waals surface area contributed by atoms with Crippen LogP contribution in [0.5, 0.6) is 0 Å². The van der Waals surface area contributed by atoms with Crippen LogP contribution in [0.25, 0.3) is 0 Å². The van der Waals surface area contributed by atoms with E-state index in [0.717, 1.165) is 60.6 Å². The molecule has 0 bridgehead atoms. The summed E-state index contributed by atoms with van der Waals surface area (Å²) in [5.41, 5.74) is 6.38. The van der Waals surface area contributed by atoms with Crippen molar-refractivity contribution in [3.63, 3.8) is 0 Å². The number of carbonyl (C=O) groups excluding carboxylic acids is 2. The lowest BCUT2D eigenvalue weighted by Gasteiger charge is -2.15. The van der Waals surface area contributed by atoms with Gasteiger partial charge >= 0.3 is 0 Å². The molecule has 0 radical (unpaired) electrons. The lowest BCUT2D eigenvalue weighted by molar-refractivity contribution is 0.260. The molecule has 0 atom stereocenters. The van der Waals surface area contributed by atoms with Crippen molar-refractivity contribution >= 4 is 45.4 Å². The molecule has 0 unspecified atom stereocenters. The van der Waals surface area contributed by atoms with Crippen molar-refractivity contribution in [3.8, 4) is 0 Å². The largest absolute Gasteiger partial charge is 0.298 e. The zero-order valence-electron chi connectivity index (χ0n) is 10.4. The lowest BCUT2D eigenvalue weighted by atomic mass is 9.96. The van der Waals surface area contributed by atoms with Crippen LogP contribution < -0.4 is 10.9 Å². The Hall–Kier alpha value is -1.02. The fourth-order valence-corrected chi connectivity index (χ4v) is 1.71. The standard InChI is InChI=1S/C10H16N4O2S2/c1-17-9(15)13-11-7-5-3-4-6-8(7)12-14-10(16)18-2/h3-6H2,1-2H3,(H,13,15)(H,14,16). The summed E-state index contributed by atoms with van der Waals surface area (Å²) in [5, 5.41) is 7.68. The molecule has 0 saturated heterocycles. The summed E-state index contributed by atoms with van der Waals surface area (Å²) in [4.78, 5) is 22.2. The molecular weight excluding hydrogens is 272 g/mol. The van der Waals surface area contributed by atoms with Crippen LogP contribution in [0, 0.1) is 0 Å². The van der Waals surface area contributed by atoms with Gasteiger partial charge in [0.1, 0.15) is 0 Å². The highest BCUT2D eigenvalue weighted by molar-refractivity contribution is 8.13. The molecule has 1 rings (SSSR count). The quantitative estimate of drug-likeness (QED) is 0.764. The minimum atomic E-state index is -0.208. The third kappa shape index (κ3) is 5.09. The second-order valence-electron chi connectivity index (χ2n) is 3.53. The Morgan fingerprint density at radius 1 is 0.944 bits per heavy atom. The minimum absolute atomic E-state index is 0.208. The molecule has 2 N–H and O–H groups in total. The molecule has 0 aliphatic heterocycles. The van der Waals surface area contributed by atoms with Gasteiger partial charge in [-0.3, -0.25) is 9.59 Å². The zero-order valence-corrected chi connectivity index (χ0v) is 12.0. The highest BCUT2D eigenvalue weighted by atomic mass is 32.2. The number of rotatable bonds is 2. The summed E-state index contributed by atoms with van der Waals surface area (Å²) in [6.45, 7) is 0. The number of hydrogen-bond donors (Lipinski definition) is 2. The van der Waals surface area contributed by atoms with E-state index < -0.39 is 0 Å². The third-order valence-corrected chi connectivity index (χ3v) is 3.27. The van der Waals surface area contributed by atoms with Crippen molar-refractivity contribution in [2.24, 2.45) is 10.2 Å². The first-order valence-electron chi connectivity index (χ1n) is 5.48. The Labute approximate surface area is 114 Å². The smallest absolute Gasteiger partial charge is 0.260 e. The first-order valence-corrected chi connectivity index (χ1v) is 7.93. The number of hydrazone groups is 2. The molecule has 1 aliphatic carbocycles. The van der Waals surface area contributed by atoms with Gasteiger partial charge in [0.25, 0.3) is 10.5 Å². The van der Waals surface area contributed by atoms with Gasteiger partial charge in [0.15, 0.2) is 0 Å². The third-order valence-electron chi connectivity index (χ3n) is 2.35. The highest BCUT2D eigenvalue weighted by Gasteiger charge is 2.16. The molecule has 8 heteroatoms. The van der Waals surface area contributed by atoms with Crippen molar-refractivity contribution in [1.29, 1.82) is 0 Å². The fraction of sp³-hybridized carbons (Fsp3) is 0.600. The van der Waals surface area contributed by atoms with Crippen LogP contribution in [0.15, 0.2) is 10.2 Å². The molecule has 18 heavy (non-hydrogen) atoms. The van der Waals surface area contributed by atoms with Gasteiger partial charge in [-0.2, -0.15) is 10.2 Å². The summed E-state index contributed by atoms with van der Waals surface area (Å²) < 4.78 is 0. The van der Waals surface area contributed by atoms with Crippen molar-refractivity contribution in [3.05, 3.63) is 0 Å². The van der Waals surface area contributed by atoms with Crippen molar-refractivity contribution < 1.29 is 9.59 Å². The van der Waals surface area contributed by atoms with Crippen LogP contribution in [0.1, 0.15) is 25.7 Å². The lowest BCUT2D eigenvalue weighted by Crippen LogP contribution is -2.26. The van der Waals surface area contributed by atoms with Crippen molar-refractivity contribution in [2.45, 2.75) is 25.7 Å². The number of hydrogen-bond acceptors (Lipinski definition) is 6. The van der Waals surface area contributed by atoms with Crippen LogP contribution in [-0.4, -0.2) is 34.4 Å². The second kappa shape index (κ2) is 8.15. The number of amides is 2. The Kier molecular flexibility index (Phi) is 6.81. The average molecular weight is 288 g/mol. The van der Waals surface area contributed by atoms with Gasteiger partial charge in [-0.25, -0.2) is 10.9 Å². The van der Waals surface area contributed by atoms with Crippen molar-refractivity contribution in [2.75, 3.05) is 12.5 Å². The molecule has 1 fully saturated rings. The van der Waals surface area contributed by atoms with Gasteiger partial charge < -0.3 is 0 Å². The van der Waals surface area contributed by atoms with E-state index in [0.29, 0.717) is 0 Å². The molecule has 6 nitrogen and oxygen atoms in total. The van der Waals surface area contributed by atoms with Crippen LogP contribution in [0.3, 0.4) is 0 Å². The summed E-state index contributed by atoms with van der Waals surface area (Å²) in [6.07, 6.45) is 6.94. The monoisotopic (exact) mass is 288 g/mol. The Balaban J connectivity index is 2.67. The Morgan fingerprint density at radius 3 is 1.67 bits per heavy atom. The SMILES string of the molecule is CSC(=O)NN=C1CCCCC1=NNC(=O)SC. The van der Waals surface area contributed by atoms with E-state index in [1.807, 2.05) is 0 Å². The fourth-order valence-electron chi connectivity index (χ4n) is 1.43. The number of carbonyl (C=O) groups is 2. The van der Waals surface area contributed by atoms with Gasteiger partial charge in [0, 0.05) is 0 Å². The topological polar surface area (TPSA) is 82.9 Å².